The number of benzene rings is 2. The van der Waals surface area contributed by atoms with E-state index in [9.17, 15) is 0 Å². The molecule has 7 heteroatoms. The van der Waals surface area contributed by atoms with Gasteiger partial charge in [0.2, 0.25) is 11.9 Å². The molecule has 0 unspecified atom stereocenters. The van der Waals surface area contributed by atoms with E-state index in [0.717, 1.165) is 0 Å². The van der Waals surface area contributed by atoms with Gasteiger partial charge in [0.1, 0.15) is 11.4 Å². The minimum absolute atomic E-state index is 0.0816. The van der Waals surface area contributed by atoms with Crippen molar-refractivity contribution >= 4 is 23.5 Å². The van der Waals surface area contributed by atoms with Crippen LogP contribution in [0.1, 0.15) is 0 Å². The molecule has 1 heterocycles. The van der Waals surface area contributed by atoms with E-state index in [4.69, 9.17) is 27.8 Å². The zero-order chi connectivity index (χ0) is 14.8. The van der Waals surface area contributed by atoms with Crippen molar-refractivity contribution in [2.45, 2.75) is 0 Å². The second kappa shape index (κ2) is 5.34. The molecule has 6 nitrogen and oxygen atoms in total. The number of anilines is 2. The SMILES string of the molecule is Nc1nc(N)n(-c2cccc(Cl)c2Oc2ccccc2)n1. The number of para-hydroxylation sites is 2. The highest BCUT2D eigenvalue weighted by molar-refractivity contribution is 6.32. The van der Waals surface area contributed by atoms with Crippen LogP contribution < -0.4 is 16.2 Å². The lowest BCUT2D eigenvalue weighted by Crippen LogP contribution is -2.04. The molecule has 0 atom stereocenters. The standard InChI is InChI=1S/C14H12ClN5O/c15-10-7-4-8-11(20-14(17)18-13(16)19-20)12(10)21-9-5-2-1-3-6-9/h1-8H,(H4,16,17,18,19). The zero-order valence-electron chi connectivity index (χ0n) is 10.9. The molecule has 0 saturated carbocycles. The molecule has 2 aromatic carbocycles. The Morgan fingerprint density at radius 2 is 1.76 bits per heavy atom. The van der Waals surface area contributed by atoms with Crippen LogP contribution in [0.2, 0.25) is 5.02 Å². The van der Waals surface area contributed by atoms with Gasteiger partial charge in [-0.15, -0.1) is 5.10 Å². The Morgan fingerprint density at radius 3 is 2.43 bits per heavy atom. The highest BCUT2D eigenvalue weighted by Crippen LogP contribution is 2.35. The number of rotatable bonds is 3. The second-order valence-electron chi connectivity index (χ2n) is 4.24. The van der Waals surface area contributed by atoms with Gasteiger partial charge < -0.3 is 16.2 Å². The van der Waals surface area contributed by atoms with Crippen molar-refractivity contribution in [3.63, 3.8) is 0 Å². The maximum atomic E-state index is 6.23. The third kappa shape index (κ3) is 2.61. The zero-order valence-corrected chi connectivity index (χ0v) is 11.7. The molecule has 1 aromatic heterocycles. The summed E-state index contributed by atoms with van der Waals surface area (Å²) in [5.74, 6) is 1.33. The molecular formula is C14H12ClN5O. The molecule has 0 aliphatic rings. The summed E-state index contributed by atoms with van der Waals surface area (Å²) in [6, 6.07) is 14.6. The predicted molar refractivity (Wildman–Crippen MR) is 81.7 cm³/mol. The first-order chi connectivity index (χ1) is 10.1. The predicted octanol–water partition coefficient (Wildman–Crippen LogP) is 2.88. The third-order valence-electron chi connectivity index (χ3n) is 2.79. The summed E-state index contributed by atoms with van der Waals surface area (Å²) in [6.45, 7) is 0. The number of halogens is 1. The highest BCUT2D eigenvalue weighted by atomic mass is 35.5. The van der Waals surface area contributed by atoms with Gasteiger partial charge in [-0.3, -0.25) is 0 Å². The summed E-state index contributed by atoms with van der Waals surface area (Å²) in [7, 11) is 0. The van der Waals surface area contributed by atoms with E-state index in [1.165, 1.54) is 4.68 Å². The lowest BCUT2D eigenvalue weighted by atomic mass is 10.3. The first-order valence-electron chi connectivity index (χ1n) is 6.15. The van der Waals surface area contributed by atoms with Crippen LogP contribution in [0.25, 0.3) is 5.69 Å². The molecule has 0 aliphatic carbocycles. The summed E-state index contributed by atoms with van der Waals surface area (Å²) < 4.78 is 7.23. The number of nitrogens with two attached hydrogens (primary N) is 2. The molecule has 106 valence electrons. The van der Waals surface area contributed by atoms with Gasteiger partial charge in [0.25, 0.3) is 0 Å². The van der Waals surface area contributed by atoms with Crippen molar-refractivity contribution in [2.24, 2.45) is 0 Å². The Balaban J connectivity index is 2.10. The molecule has 21 heavy (non-hydrogen) atoms. The minimum Gasteiger partial charge on any atom is -0.454 e. The van der Waals surface area contributed by atoms with Gasteiger partial charge in [-0.1, -0.05) is 35.9 Å². The minimum atomic E-state index is 0.0816. The fraction of sp³-hybridized carbons (Fsp3) is 0. The van der Waals surface area contributed by atoms with Crippen LogP contribution in [-0.4, -0.2) is 14.8 Å². The summed E-state index contributed by atoms with van der Waals surface area (Å²) >= 11 is 6.23. The second-order valence-corrected chi connectivity index (χ2v) is 4.65. The van der Waals surface area contributed by atoms with Crippen LogP contribution in [0, 0.1) is 0 Å². The first-order valence-corrected chi connectivity index (χ1v) is 6.53. The number of nitrogens with zero attached hydrogens (tertiary/aromatic N) is 3. The molecule has 0 aliphatic heterocycles. The van der Waals surface area contributed by atoms with E-state index in [1.54, 1.807) is 18.2 Å². The Kier molecular flexibility index (Phi) is 3.37. The number of hydrogen-bond acceptors (Lipinski definition) is 5. The Hall–Kier alpha value is -2.73. The normalized spacial score (nSPS) is 10.5. The monoisotopic (exact) mass is 301 g/mol. The largest absolute Gasteiger partial charge is 0.454 e. The number of ether oxygens (including phenoxy) is 1. The van der Waals surface area contributed by atoms with Crippen LogP contribution in [0.5, 0.6) is 11.5 Å². The number of aromatic nitrogens is 3. The van der Waals surface area contributed by atoms with Gasteiger partial charge in [0.05, 0.1) is 5.02 Å². The topological polar surface area (TPSA) is 92.0 Å². The number of nitrogen functional groups attached to an aromatic ring is 2. The van der Waals surface area contributed by atoms with E-state index < -0.39 is 0 Å². The van der Waals surface area contributed by atoms with Crippen molar-refractivity contribution in [1.29, 1.82) is 0 Å². The molecule has 3 aromatic rings. The Morgan fingerprint density at radius 1 is 1.00 bits per heavy atom. The van der Waals surface area contributed by atoms with Gasteiger partial charge in [0.15, 0.2) is 5.75 Å². The molecule has 4 N–H and O–H groups in total. The summed E-state index contributed by atoms with van der Waals surface area (Å²) in [5.41, 5.74) is 11.9. The molecule has 0 saturated heterocycles. The molecular weight excluding hydrogens is 290 g/mol. The smallest absolute Gasteiger partial charge is 0.241 e. The third-order valence-corrected chi connectivity index (χ3v) is 3.08. The average molecular weight is 302 g/mol. The van der Waals surface area contributed by atoms with Gasteiger partial charge in [0, 0.05) is 0 Å². The fourth-order valence-electron chi connectivity index (χ4n) is 1.89. The molecule has 0 fully saturated rings. The van der Waals surface area contributed by atoms with E-state index in [1.807, 2.05) is 30.3 Å². The van der Waals surface area contributed by atoms with Crippen LogP contribution in [0.4, 0.5) is 11.9 Å². The summed E-state index contributed by atoms with van der Waals surface area (Å²) in [5, 5.41) is 4.48. The van der Waals surface area contributed by atoms with Crippen LogP contribution in [0.3, 0.4) is 0 Å². The lowest BCUT2D eigenvalue weighted by molar-refractivity contribution is 0.478. The van der Waals surface area contributed by atoms with Gasteiger partial charge in [-0.25, -0.2) is 0 Å². The molecule has 3 rings (SSSR count). The molecule has 0 spiro atoms. The van der Waals surface area contributed by atoms with Crippen molar-refractivity contribution in [3.8, 4) is 17.2 Å². The Bertz CT molecular complexity index is 772. The van der Waals surface area contributed by atoms with Crippen molar-refractivity contribution < 1.29 is 4.74 Å². The number of hydrogen-bond donors (Lipinski definition) is 2. The summed E-state index contributed by atoms with van der Waals surface area (Å²) in [4.78, 5) is 3.87. The van der Waals surface area contributed by atoms with Crippen LogP contribution >= 0.6 is 11.6 Å². The summed E-state index contributed by atoms with van der Waals surface area (Å²) in [6.07, 6.45) is 0. The molecule has 0 amide bonds. The van der Waals surface area contributed by atoms with E-state index >= 15 is 0 Å². The van der Waals surface area contributed by atoms with Crippen molar-refractivity contribution in [2.75, 3.05) is 11.5 Å². The van der Waals surface area contributed by atoms with E-state index in [-0.39, 0.29) is 11.9 Å². The average Bonchev–Trinajstić information content (AvgIpc) is 2.81. The lowest BCUT2D eigenvalue weighted by Gasteiger charge is -2.13. The quantitative estimate of drug-likeness (QED) is 0.776. The molecule has 0 radical (unpaired) electrons. The van der Waals surface area contributed by atoms with Crippen molar-refractivity contribution in [3.05, 3.63) is 53.6 Å². The van der Waals surface area contributed by atoms with E-state index in [0.29, 0.717) is 22.2 Å². The fourth-order valence-corrected chi connectivity index (χ4v) is 2.10. The molecule has 0 bridgehead atoms. The highest BCUT2D eigenvalue weighted by Gasteiger charge is 2.15. The maximum absolute atomic E-state index is 6.23. The van der Waals surface area contributed by atoms with Crippen molar-refractivity contribution in [1.82, 2.24) is 14.8 Å². The maximum Gasteiger partial charge on any atom is 0.241 e. The van der Waals surface area contributed by atoms with Crippen LogP contribution in [0.15, 0.2) is 48.5 Å². The van der Waals surface area contributed by atoms with E-state index in [2.05, 4.69) is 10.1 Å². The van der Waals surface area contributed by atoms with Gasteiger partial charge >= 0.3 is 0 Å². The van der Waals surface area contributed by atoms with Gasteiger partial charge in [-0.2, -0.15) is 9.67 Å². The van der Waals surface area contributed by atoms with Crippen LogP contribution in [-0.2, 0) is 0 Å². The Labute approximate surface area is 125 Å². The van der Waals surface area contributed by atoms with Gasteiger partial charge in [-0.05, 0) is 24.3 Å². The first kappa shape index (κ1) is 13.3.